The molecule has 196 valence electrons. The molecule has 2 aliphatic heterocycles. The summed E-state index contributed by atoms with van der Waals surface area (Å²) >= 11 is 0. The molecule has 0 aliphatic carbocycles. The van der Waals surface area contributed by atoms with Crippen molar-refractivity contribution in [1.82, 2.24) is 15.1 Å². The number of nitrogens with zero attached hydrogens (tertiary/aromatic N) is 3. The predicted octanol–water partition coefficient (Wildman–Crippen LogP) is 3.06. The lowest BCUT2D eigenvalue weighted by Gasteiger charge is -2.39. The lowest BCUT2D eigenvalue weighted by Crippen LogP contribution is -2.60. The minimum absolute atomic E-state index is 0.217. The van der Waals surface area contributed by atoms with Crippen LogP contribution in [0.25, 0.3) is 10.8 Å². The highest BCUT2D eigenvalue weighted by Crippen LogP contribution is 2.27. The molecule has 3 amide bonds. The highest BCUT2D eigenvalue weighted by molar-refractivity contribution is 5.84. The molecule has 8 nitrogen and oxygen atoms in total. The first-order valence-electron chi connectivity index (χ1n) is 13.1. The van der Waals surface area contributed by atoms with E-state index in [-0.39, 0.29) is 12.5 Å². The first-order valence-corrected chi connectivity index (χ1v) is 13.1. The lowest BCUT2D eigenvalue weighted by atomic mass is 9.88. The van der Waals surface area contributed by atoms with Crippen LogP contribution < -0.4 is 11.1 Å². The Labute approximate surface area is 223 Å². The summed E-state index contributed by atoms with van der Waals surface area (Å²) in [6.07, 6.45) is 0.926. The van der Waals surface area contributed by atoms with Crippen molar-refractivity contribution >= 4 is 22.7 Å². The maximum atomic E-state index is 13.9. The number of rotatable bonds is 7. The average molecular weight is 512 g/mol. The Hall–Kier alpha value is -3.93. The molecule has 0 spiro atoms. The minimum atomic E-state index is -0.999. The van der Waals surface area contributed by atoms with Crippen LogP contribution in [-0.2, 0) is 22.5 Å². The number of likely N-dealkylation sites (tertiary alicyclic amines) is 1. The standard InChI is InChI=1S/C30H33N5O3/c31-20-30(12-13-34(21-30)18-22-6-2-1-3-7-22)33-28(36)26(27-19-38-15-14-35(27)29(32)37)17-23-10-11-24-8-4-5-9-25(24)16-23/h1-11,16,26-27H,12-15,17-19,21H2,(H2,32,37)(H,33,36). The third-order valence-electron chi connectivity index (χ3n) is 7.69. The number of fused-ring (bicyclic) bond motifs is 1. The van der Waals surface area contributed by atoms with Gasteiger partial charge in [-0.2, -0.15) is 5.26 Å². The smallest absolute Gasteiger partial charge is 0.315 e. The van der Waals surface area contributed by atoms with Crippen LogP contribution in [0.3, 0.4) is 0 Å². The number of benzene rings is 3. The van der Waals surface area contributed by atoms with Crippen LogP contribution in [0.1, 0.15) is 17.5 Å². The van der Waals surface area contributed by atoms with Crippen molar-refractivity contribution in [2.45, 2.75) is 31.0 Å². The van der Waals surface area contributed by atoms with Crippen molar-refractivity contribution in [3.05, 3.63) is 83.9 Å². The minimum Gasteiger partial charge on any atom is -0.377 e. The van der Waals surface area contributed by atoms with Crippen LogP contribution in [0.2, 0.25) is 0 Å². The molecule has 2 heterocycles. The van der Waals surface area contributed by atoms with E-state index in [1.807, 2.05) is 54.6 Å². The van der Waals surface area contributed by atoms with Gasteiger partial charge < -0.3 is 20.7 Å². The number of ether oxygens (including phenoxy) is 1. The Morgan fingerprint density at radius 3 is 2.58 bits per heavy atom. The van der Waals surface area contributed by atoms with Crippen molar-refractivity contribution in [3.63, 3.8) is 0 Å². The predicted molar refractivity (Wildman–Crippen MR) is 145 cm³/mol. The van der Waals surface area contributed by atoms with Crippen LogP contribution in [0.5, 0.6) is 0 Å². The van der Waals surface area contributed by atoms with E-state index in [9.17, 15) is 14.9 Å². The maximum absolute atomic E-state index is 13.9. The van der Waals surface area contributed by atoms with Gasteiger partial charge in [-0.3, -0.25) is 9.69 Å². The molecule has 0 radical (unpaired) electrons. The van der Waals surface area contributed by atoms with Gasteiger partial charge in [0.2, 0.25) is 5.91 Å². The summed E-state index contributed by atoms with van der Waals surface area (Å²) in [7, 11) is 0. The van der Waals surface area contributed by atoms with E-state index in [1.54, 1.807) is 0 Å². The van der Waals surface area contributed by atoms with E-state index in [2.05, 4.69) is 34.5 Å². The van der Waals surface area contributed by atoms with Crippen LogP contribution in [-0.4, -0.2) is 66.2 Å². The number of urea groups is 1. The number of nitrogens with two attached hydrogens (primary N) is 1. The number of hydrogen-bond acceptors (Lipinski definition) is 5. The molecule has 8 heteroatoms. The van der Waals surface area contributed by atoms with Gasteiger partial charge in [-0.15, -0.1) is 0 Å². The molecule has 3 N–H and O–H groups in total. The highest BCUT2D eigenvalue weighted by Gasteiger charge is 2.44. The number of carbonyl (C=O) groups is 2. The molecule has 3 aromatic rings. The maximum Gasteiger partial charge on any atom is 0.315 e. The zero-order chi connectivity index (χ0) is 26.5. The van der Waals surface area contributed by atoms with E-state index in [1.165, 1.54) is 10.5 Å². The first kappa shape index (κ1) is 25.7. The van der Waals surface area contributed by atoms with Gasteiger partial charge in [0.25, 0.3) is 0 Å². The molecule has 5 rings (SSSR count). The second kappa shape index (κ2) is 11.2. The molecule has 0 bridgehead atoms. The number of nitrogens with one attached hydrogen (secondary N) is 1. The molecule has 0 aromatic heterocycles. The SMILES string of the molecule is N#CC1(NC(=O)C(Cc2ccc3ccccc3c2)C2COCCN2C(N)=O)CCN(Cc2ccccc2)C1. The molecule has 3 aromatic carbocycles. The van der Waals surface area contributed by atoms with Gasteiger partial charge in [0.1, 0.15) is 5.54 Å². The Morgan fingerprint density at radius 1 is 1.05 bits per heavy atom. The Balaban J connectivity index is 1.38. The third-order valence-corrected chi connectivity index (χ3v) is 7.69. The number of amides is 3. The summed E-state index contributed by atoms with van der Waals surface area (Å²) < 4.78 is 5.70. The zero-order valence-electron chi connectivity index (χ0n) is 21.4. The van der Waals surface area contributed by atoms with Crippen LogP contribution in [0, 0.1) is 17.2 Å². The summed E-state index contributed by atoms with van der Waals surface area (Å²) in [6.45, 7) is 2.78. The second-order valence-corrected chi connectivity index (χ2v) is 10.3. The van der Waals surface area contributed by atoms with Gasteiger partial charge in [0.15, 0.2) is 0 Å². The fourth-order valence-corrected chi connectivity index (χ4v) is 5.67. The summed E-state index contributed by atoms with van der Waals surface area (Å²) in [4.78, 5) is 30.0. The Kier molecular flexibility index (Phi) is 7.59. The molecule has 38 heavy (non-hydrogen) atoms. The highest BCUT2D eigenvalue weighted by atomic mass is 16.5. The van der Waals surface area contributed by atoms with Crippen molar-refractivity contribution in [2.75, 3.05) is 32.8 Å². The third kappa shape index (κ3) is 5.64. The van der Waals surface area contributed by atoms with Crippen molar-refractivity contribution in [1.29, 1.82) is 5.26 Å². The summed E-state index contributed by atoms with van der Waals surface area (Å²) in [5.74, 6) is -0.889. The molecule has 3 atom stereocenters. The summed E-state index contributed by atoms with van der Waals surface area (Å²) in [5.41, 5.74) is 6.85. The second-order valence-electron chi connectivity index (χ2n) is 10.3. The monoisotopic (exact) mass is 511 g/mol. The quantitative estimate of drug-likeness (QED) is 0.506. The van der Waals surface area contributed by atoms with Gasteiger partial charge in [-0.25, -0.2) is 4.79 Å². The van der Waals surface area contributed by atoms with E-state index >= 15 is 0 Å². The number of nitriles is 1. The van der Waals surface area contributed by atoms with Crippen LogP contribution in [0.15, 0.2) is 72.8 Å². The lowest BCUT2D eigenvalue weighted by molar-refractivity contribution is -0.130. The topological polar surface area (TPSA) is 112 Å². The molecular formula is C30H33N5O3. The van der Waals surface area contributed by atoms with Gasteiger partial charge in [-0.1, -0.05) is 72.8 Å². The van der Waals surface area contributed by atoms with Crippen molar-refractivity contribution in [2.24, 2.45) is 11.7 Å². The average Bonchev–Trinajstić information content (AvgIpc) is 3.34. The van der Waals surface area contributed by atoms with Crippen LogP contribution in [0.4, 0.5) is 4.79 Å². The van der Waals surface area contributed by atoms with Crippen molar-refractivity contribution < 1.29 is 14.3 Å². The molecule has 3 unspecified atom stereocenters. The normalized spacial score (nSPS) is 22.6. The Morgan fingerprint density at radius 2 is 1.82 bits per heavy atom. The number of morpholine rings is 1. The first-order chi connectivity index (χ1) is 18.5. The number of primary amides is 1. The van der Waals surface area contributed by atoms with Gasteiger partial charge in [0, 0.05) is 26.2 Å². The van der Waals surface area contributed by atoms with Gasteiger partial charge in [-0.05, 0) is 34.7 Å². The molecule has 0 saturated carbocycles. The fourth-order valence-electron chi connectivity index (χ4n) is 5.67. The van der Waals surface area contributed by atoms with E-state index in [4.69, 9.17) is 10.5 Å². The molecule has 2 fully saturated rings. The van der Waals surface area contributed by atoms with Crippen LogP contribution >= 0.6 is 0 Å². The molecule has 2 saturated heterocycles. The Bertz CT molecular complexity index is 1340. The number of carbonyl (C=O) groups excluding carboxylic acids is 2. The van der Waals surface area contributed by atoms with Gasteiger partial charge in [0.05, 0.1) is 31.2 Å². The van der Waals surface area contributed by atoms with Crippen molar-refractivity contribution in [3.8, 4) is 6.07 Å². The van der Waals surface area contributed by atoms with Gasteiger partial charge >= 0.3 is 6.03 Å². The van der Waals surface area contributed by atoms with E-state index < -0.39 is 23.5 Å². The van der Waals surface area contributed by atoms with E-state index in [0.717, 1.165) is 16.3 Å². The molecule has 2 aliphatic rings. The zero-order valence-corrected chi connectivity index (χ0v) is 21.4. The summed E-state index contributed by atoms with van der Waals surface area (Å²) in [5, 5.41) is 15.5. The largest absolute Gasteiger partial charge is 0.377 e. The summed E-state index contributed by atoms with van der Waals surface area (Å²) in [6, 6.07) is 25.6. The number of hydrogen-bond donors (Lipinski definition) is 2. The van der Waals surface area contributed by atoms with E-state index in [0.29, 0.717) is 45.6 Å². The molecular weight excluding hydrogens is 478 g/mol. The fraction of sp³-hybridized carbons (Fsp3) is 0.367.